The van der Waals surface area contributed by atoms with E-state index in [4.69, 9.17) is 9.84 Å². The van der Waals surface area contributed by atoms with Gasteiger partial charge in [-0.25, -0.2) is 0 Å². The highest BCUT2D eigenvalue weighted by atomic mass is 16.5. The number of aliphatic hydroxyl groups excluding tert-OH is 1. The third kappa shape index (κ3) is 4.91. The van der Waals surface area contributed by atoms with Crippen LogP contribution in [-0.2, 0) is 4.74 Å². The molecule has 0 spiro atoms. The van der Waals surface area contributed by atoms with Gasteiger partial charge in [-0.1, -0.05) is 0 Å². The Hall–Kier alpha value is -0.160. The summed E-state index contributed by atoms with van der Waals surface area (Å²) in [6, 6.07) is 0. The van der Waals surface area contributed by atoms with Crippen molar-refractivity contribution in [3.8, 4) is 0 Å². The first-order chi connectivity index (χ1) is 6.83. The second-order valence-corrected chi connectivity index (χ2v) is 3.83. The number of aliphatic hydroxyl groups is 1. The lowest BCUT2D eigenvalue weighted by Crippen LogP contribution is -2.44. The normalized spacial score (nSPS) is 20.1. The van der Waals surface area contributed by atoms with E-state index in [1.807, 2.05) is 0 Å². The first kappa shape index (κ1) is 11.9. The largest absolute Gasteiger partial charge is 0.394 e. The van der Waals surface area contributed by atoms with Crippen LogP contribution in [0.25, 0.3) is 0 Å². The van der Waals surface area contributed by atoms with Crippen molar-refractivity contribution in [1.82, 2.24) is 9.80 Å². The molecule has 1 N–H and O–H groups in total. The molecule has 0 aromatic rings. The van der Waals surface area contributed by atoms with E-state index in [2.05, 4.69) is 16.8 Å². The number of piperazine rings is 1. The van der Waals surface area contributed by atoms with Crippen LogP contribution in [0.1, 0.15) is 6.42 Å². The lowest BCUT2D eigenvalue weighted by Gasteiger charge is -2.32. The molecule has 0 aliphatic carbocycles. The lowest BCUT2D eigenvalue weighted by atomic mass is 10.3. The quantitative estimate of drug-likeness (QED) is 0.596. The molecule has 0 radical (unpaired) electrons. The summed E-state index contributed by atoms with van der Waals surface area (Å²) < 4.78 is 5.21. The minimum atomic E-state index is 0.133. The Morgan fingerprint density at radius 2 is 1.86 bits per heavy atom. The molecule has 14 heavy (non-hydrogen) atoms. The summed E-state index contributed by atoms with van der Waals surface area (Å²) in [5.74, 6) is 0. The molecule has 0 atom stereocenters. The van der Waals surface area contributed by atoms with E-state index in [-0.39, 0.29) is 6.61 Å². The van der Waals surface area contributed by atoms with Crippen LogP contribution < -0.4 is 0 Å². The topological polar surface area (TPSA) is 35.9 Å². The highest BCUT2D eigenvalue weighted by molar-refractivity contribution is 4.68. The Morgan fingerprint density at radius 1 is 1.14 bits per heavy atom. The third-order valence-electron chi connectivity index (χ3n) is 2.59. The highest BCUT2D eigenvalue weighted by Gasteiger charge is 2.12. The van der Waals surface area contributed by atoms with Crippen molar-refractivity contribution in [3.63, 3.8) is 0 Å². The van der Waals surface area contributed by atoms with Crippen LogP contribution in [0.4, 0.5) is 0 Å². The van der Waals surface area contributed by atoms with Gasteiger partial charge in [0.2, 0.25) is 0 Å². The maximum Gasteiger partial charge on any atom is 0.0697 e. The molecular weight excluding hydrogens is 180 g/mol. The molecule has 0 unspecified atom stereocenters. The number of hydrogen-bond donors (Lipinski definition) is 1. The van der Waals surface area contributed by atoms with Crippen LogP contribution in [0.2, 0.25) is 0 Å². The van der Waals surface area contributed by atoms with E-state index < -0.39 is 0 Å². The maximum atomic E-state index is 8.50. The van der Waals surface area contributed by atoms with Gasteiger partial charge in [0.05, 0.1) is 13.2 Å². The van der Waals surface area contributed by atoms with E-state index in [0.717, 1.165) is 19.6 Å². The molecule has 1 aliphatic heterocycles. The van der Waals surface area contributed by atoms with Crippen molar-refractivity contribution in [2.45, 2.75) is 6.42 Å². The van der Waals surface area contributed by atoms with Gasteiger partial charge in [0, 0.05) is 39.3 Å². The van der Waals surface area contributed by atoms with Crippen molar-refractivity contribution in [2.75, 3.05) is 59.6 Å². The minimum Gasteiger partial charge on any atom is -0.394 e. The summed E-state index contributed by atoms with van der Waals surface area (Å²) in [6.07, 6.45) is 1.07. The smallest absolute Gasteiger partial charge is 0.0697 e. The fourth-order valence-electron chi connectivity index (χ4n) is 1.63. The van der Waals surface area contributed by atoms with Crippen molar-refractivity contribution in [3.05, 3.63) is 0 Å². The minimum absolute atomic E-state index is 0.133. The zero-order valence-corrected chi connectivity index (χ0v) is 9.11. The monoisotopic (exact) mass is 202 g/mol. The van der Waals surface area contributed by atoms with Crippen molar-refractivity contribution < 1.29 is 9.84 Å². The van der Waals surface area contributed by atoms with Gasteiger partial charge in [-0.05, 0) is 13.5 Å². The molecule has 1 fully saturated rings. The molecule has 1 heterocycles. The van der Waals surface area contributed by atoms with Gasteiger partial charge in [0.15, 0.2) is 0 Å². The van der Waals surface area contributed by atoms with Crippen molar-refractivity contribution >= 4 is 0 Å². The highest BCUT2D eigenvalue weighted by Crippen LogP contribution is 1.99. The number of nitrogens with zero attached hydrogens (tertiary/aromatic N) is 2. The second-order valence-electron chi connectivity index (χ2n) is 3.83. The molecule has 0 aromatic carbocycles. The molecule has 0 amide bonds. The number of rotatable bonds is 6. The first-order valence-corrected chi connectivity index (χ1v) is 5.42. The Balaban J connectivity index is 1.91. The van der Waals surface area contributed by atoms with Gasteiger partial charge < -0.3 is 19.6 Å². The standard InChI is InChI=1S/C10H22N2O2/c1-11-4-6-12(7-5-11)3-2-9-14-10-8-13/h13H,2-10H2,1H3. The zero-order chi connectivity index (χ0) is 10.2. The predicted octanol–water partition coefficient (Wildman–Crippen LogP) is -0.367. The zero-order valence-electron chi connectivity index (χ0n) is 9.11. The van der Waals surface area contributed by atoms with Crippen LogP contribution in [-0.4, -0.2) is 74.5 Å². The van der Waals surface area contributed by atoms with Crippen molar-refractivity contribution in [1.29, 1.82) is 0 Å². The van der Waals surface area contributed by atoms with E-state index in [1.54, 1.807) is 0 Å². The van der Waals surface area contributed by atoms with E-state index in [1.165, 1.54) is 26.2 Å². The fourth-order valence-corrected chi connectivity index (χ4v) is 1.63. The molecule has 84 valence electrons. The van der Waals surface area contributed by atoms with Gasteiger partial charge in [0.25, 0.3) is 0 Å². The summed E-state index contributed by atoms with van der Waals surface area (Å²) >= 11 is 0. The Kier molecular flexibility index (Phi) is 6.10. The summed E-state index contributed by atoms with van der Waals surface area (Å²) in [4.78, 5) is 4.83. The molecule has 0 bridgehead atoms. The van der Waals surface area contributed by atoms with Gasteiger partial charge in [-0.2, -0.15) is 0 Å². The number of ether oxygens (including phenoxy) is 1. The Bertz CT molecular complexity index is 136. The summed E-state index contributed by atoms with van der Waals surface area (Å²) in [5.41, 5.74) is 0. The van der Waals surface area contributed by atoms with Crippen LogP contribution in [0.5, 0.6) is 0 Å². The van der Waals surface area contributed by atoms with E-state index >= 15 is 0 Å². The average Bonchev–Trinajstić information content (AvgIpc) is 2.21. The van der Waals surface area contributed by atoms with Gasteiger partial charge in [0.1, 0.15) is 0 Å². The average molecular weight is 202 g/mol. The third-order valence-corrected chi connectivity index (χ3v) is 2.59. The maximum absolute atomic E-state index is 8.50. The molecule has 1 rings (SSSR count). The molecule has 0 saturated carbocycles. The Labute approximate surface area is 86.4 Å². The second kappa shape index (κ2) is 7.17. The summed E-state index contributed by atoms with van der Waals surface area (Å²) in [7, 11) is 2.17. The van der Waals surface area contributed by atoms with Crippen LogP contribution >= 0.6 is 0 Å². The Morgan fingerprint density at radius 3 is 2.50 bits per heavy atom. The van der Waals surface area contributed by atoms with Crippen LogP contribution in [0.3, 0.4) is 0 Å². The van der Waals surface area contributed by atoms with Crippen LogP contribution in [0.15, 0.2) is 0 Å². The number of likely N-dealkylation sites (N-methyl/N-ethyl adjacent to an activating group) is 1. The predicted molar refractivity (Wildman–Crippen MR) is 56.5 cm³/mol. The molecule has 1 aliphatic rings. The van der Waals surface area contributed by atoms with E-state index in [0.29, 0.717) is 6.61 Å². The molecular formula is C10H22N2O2. The first-order valence-electron chi connectivity index (χ1n) is 5.42. The van der Waals surface area contributed by atoms with Crippen molar-refractivity contribution in [2.24, 2.45) is 0 Å². The molecule has 4 nitrogen and oxygen atoms in total. The summed E-state index contributed by atoms with van der Waals surface area (Å²) in [6.45, 7) is 7.21. The van der Waals surface area contributed by atoms with Gasteiger partial charge >= 0.3 is 0 Å². The van der Waals surface area contributed by atoms with Gasteiger partial charge in [-0.15, -0.1) is 0 Å². The molecule has 4 heteroatoms. The van der Waals surface area contributed by atoms with E-state index in [9.17, 15) is 0 Å². The SMILES string of the molecule is CN1CCN(CCCOCCO)CC1. The van der Waals surface area contributed by atoms with Crippen LogP contribution in [0, 0.1) is 0 Å². The lowest BCUT2D eigenvalue weighted by molar-refractivity contribution is 0.0789. The summed E-state index contributed by atoms with van der Waals surface area (Å²) in [5, 5.41) is 8.50. The fraction of sp³-hybridized carbons (Fsp3) is 1.00. The van der Waals surface area contributed by atoms with Gasteiger partial charge in [-0.3, -0.25) is 0 Å². The molecule has 1 saturated heterocycles. The molecule has 0 aromatic heterocycles. The number of hydrogen-bond acceptors (Lipinski definition) is 4.